The van der Waals surface area contributed by atoms with Crippen molar-refractivity contribution < 1.29 is 14.6 Å². The molecule has 5 rings (SSSR count). The topological polar surface area (TPSA) is 87.9 Å². The second-order valence-corrected chi connectivity index (χ2v) is 8.39. The molecule has 1 aliphatic rings. The third-order valence-electron chi connectivity index (χ3n) is 5.34. The van der Waals surface area contributed by atoms with Crippen molar-refractivity contribution in [3.05, 3.63) is 95.3 Å². The first-order valence-corrected chi connectivity index (χ1v) is 11.0. The van der Waals surface area contributed by atoms with E-state index >= 15 is 0 Å². The second kappa shape index (κ2) is 8.73. The minimum atomic E-state index is -0.535. The average molecular weight is 455 g/mol. The molecule has 0 saturated heterocycles. The zero-order valence-electron chi connectivity index (χ0n) is 17.6. The van der Waals surface area contributed by atoms with Crippen molar-refractivity contribution in [2.24, 2.45) is 5.10 Å². The van der Waals surface area contributed by atoms with Gasteiger partial charge in [-0.3, -0.25) is 9.78 Å². The maximum atomic E-state index is 13.6. The molecule has 0 aliphatic carbocycles. The molecule has 1 amide bonds. The monoisotopic (exact) mass is 454 g/mol. The van der Waals surface area contributed by atoms with Crippen LogP contribution in [0.5, 0.6) is 11.5 Å². The van der Waals surface area contributed by atoms with Crippen LogP contribution in [0.25, 0.3) is 10.6 Å². The highest BCUT2D eigenvalue weighted by Gasteiger charge is 2.37. The summed E-state index contributed by atoms with van der Waals surface area (Å²) in [7, 11) is 1.54. The summed E-state index contributed by atoms with van der Waals surface area (Å²) in [5, 5.41) is 16.8. The molecule has 0 spiro atoms. The van der Waals surface area contributed by atoms with E-state index in [9.17, 15) is 9.90 Å². The molecule has 1 aliphatic heterocycles. The first kappa shape index (κ1) is 20.7. The Bertz CT molecular complexity index is 1320. The van der Waals surface area contributed by atoms with Crippen LogP contribution in [-0.2, 0) is 0 Å². The Kier molecular flexibility index (Phi) is 5.47. The molecule has 0 bridgehead atoms. The van der Waals surface area contributed by atoms with E-state index in [4.69, 9.17) is 4.74 Å². The van der Waals surface area contributed by atoms with Crippen LogP contribution in [0.15, 0.2) is 72.1 Å². The van der Waals surface area contributed by atoms with Gasteiger partial charge in [0.2, 0.25) is 0 Å². The van der Waals surface area contributed by atoms with Crippen LogP contribution in [0, 0.1) is 12.3 Å². The molecule has 3 aromatic heterocycles. The number of methoxy groups -OCH3 is 1. The molecule has 8 heteroatoms. The molecule has 1 aromatic carbocycles. The highest BCUT2D eigenvalue weighted by Crippen LogP contribution is 2.43. The van der Waals surface area contributed by atoms with Gasteiger partial charge in [-0.2, -0.15) is 10.1 Å². The molecule has 0 radical (unpaired) electrons. The predicted molar refractivity (Wildman–Crippen MR) is 124 cm³/mol. The van der Waals surface area contributed by atoms with Crippen LogP contribution < -0.4 is 4.74 Å². The smallest absolute Gasteiger partial charge is 0.284 e. The summed E-state index contributed by atoms with van der Waals surface area (Å²) in [6.07, 6.45) is 6.50. The quantitative estimate of drug-likeness (QED) is 0.479. The van der Waals surface area contributed by atoms with Crippen molar-refractivity contribution in [3.8, 4) is 22.1 Å². The molecule has 0 saturated carbocycles. The first-order valence-electron chi connectivity index (χ1n) is 10.2. The Morgan fingerprint density at radius 3 is 2.88 bits per heavy atom. The Labute approximate surface area is 194 Å². The van der Waals surface area contributed by atoms with Gasteiger partial charge in [-0.05, 0) is 48.5 Å². The van der Waals surface area contributed by atoms with E-state index in [0.29, 0.717) is 28.3 Å². The number of thiophene rings is 1. The van der Waals surface area contributed by atoms with Crippen molar-refractivity contribution in [1.29, 1.82) is 0 Å². The molecule has 1 N–H and O–H groups in total. The Morgan fingerprint density at radius 1 is 1.21 bits per heavy atom. The molecular weight excluding hydrogens is 436 g/mol. The number of hydrazone groups is 1. The number of rotatable bonds is 5. The van der Waals surface area contributed by atoms with Crippen molar-refractivity contribution in [2.75, 3.05) is 7.11 Å². The van der Waals surface area contributed by atoms with Gasteiger partial charge in [-0.25, -0.2) is 5.01 Å². The maximum absolute atomic E-state index is 13.6. The lowest BCUT2D eigenvalue weighted by atomic mass is 9.97. The van der Waals surface area contributed by atoms with E-state index in [1.165, 1.54) is 23.5 Å². The normalized spacial score (nSPS) is 15.1. The maximum Gasteiger partial charge on any atom is 0.284 e. The van der Waals surface area contributed by atoms with E-state index in [1.54, 1.807) is 42.7 Å². The summed E-state index contributed by atoms with van der Waals surface area (Å²) < 4.78 is 5.50. The van der Waals surface area contributed by atoms with E-state index in [0.717, 1.165) is 16.1 Å². The minimum Gasteiger partial charge on any atom is -0.507 e. The highest BCUT2D eigenvalue weighted by molar-refractivity contribution is 7.17. The number of nitrogens with zero attached hydrogens (tertiary/aromatic N) is 4. The van der Waals surface area contributed by atoms with Gasteiger partial charge < -0.3 is 9.84 Å². The largest absolute Gasteiger partial charge is 0.507 e. The number of pyridine rings is 1. The van der Waals surface area contributed by atoms with Crippen LogP contribution in [-0.4, -0.2) is 38.8 Å². The van der Waals surface area contributed by atoms with Crippen molar-refractivity contribution in [1.82, 2.24) is 15.0 Å². The van der Waals surface area contributed by atoms with Gasteiger partial charge in [0.25, 0.3) is 5.91 Å². The van der Waals surface area contributed by atoms with E-state index in [-0.39, 0.29) is 11.7 Å². The lowest BCUT2D eigenvalue weighted by Gasteiger charge is -2.24. The number of hydrogen-bond donors (Lipinski definition) is 1. The fourth-order valence-electron chi connectivity index (χ4n) is 3.80. The average Bonchev–Trinajstić information content (AvgIpc) is 3.53. The van der Waals surface area contributed by atoms with Crippen LogP contribution in [0.3, 0.4) is 0 Å². The minimum absolute atomic E-state index is 0.0481. The van der Waals surface area contributed by atoms with Crippen molar-refractivity contribution >= 4 is 23.0 Å². The number of phenolic OH excluding ortho intramolecular Hbond substituents is 1. The fraction of sp³-hybridized carbons (Fsp3) is 0.120. The van der Waals surface area contributed by atoms with Gasteiger partial charge in [-0.1, -0.05) is 12.1 Å². The predicted octanol–water partition coefficient (Wildman–Crippen LogP) is 4.51. The Morgan fingerprint density at radius 2 is 2.12 bits per heavy atom. The number of amides is 1. The zero-order valence-corrected chi connectivity index (χ0v) is 18.4. The number of benzene rings is 1. The second-order valence-electron chi connectivity index (χ2n) is 7.30. The fourth-order valence-corrected chi connectivity index (χ4v) is 4.71. The highest BCUT2D eigenvalue weighted by atomic mass is 32.1. The van der Waals surface area contributed by atoms with Crippen LogP contribution >= 0.6 is 11.3 Å². The van der Waals surface area contributed by atoms with Gasteiger partial charge in [-0.15, -0.1) is 11.3 Å². The van der Waals surface area contributed by atoms with Gasteiger partial charge >= 0.3 is 0 Å². The molecule has 4 aromatic rings. The number of ether oxygens (including phenoxy) is 1. The van der Waals surface area contributed by atoms with Crippen LogP contribution in [0.2, 0.25) is 0 Å². The van der Waals surface area contributed by atoms with Crippen LogP contribution in [0.4, 0.5) is 0 Å². The number of phenols is 1. The van der Waals surface area contributed by atoms with Gasteiger partial charge in [0.05, 0.1) is 39.9 Å². The molecule has 0 fully saturated rings. The van der Waals surface area contributed by atoms with Gasteiger partial charge in [0.1, 0.15) is 11.5 Å². The third kappa shape index (κ3) is 3.90. The molecule has 4 heterocycles. The summed E-state index contributed by atoms with van der Waals surface area (Å²) in [5.74, 6) is 0.270. The number of carbonyl (C=O) groups excluding carboxylic acids is 1. The summed E-state index contributed by atoms with van der Waals surface area (Å²) >= 11 is 1.33. The Balaban J connectivity index is 1.55. The van der Waals surface area contributed by atoms with Gasteiger partial charge in [0.15, 0.2) is 0 Å². The lowest BCUT2D eigenvalue weighted by molar-refractivity contribution is 0.0713. The first-order chi connectivity index (χ1) is 16.2. The summed E-state index contributed by atoms with van der Waals surface area (Å²) in [6, 6.07) is 18.2. The number of aromatic nitrogens is 2. The number of carbonyl (C=O) groups is 1. The molecule has 1 unspecified atom stereocenters. The van der Waals surface area contributed by atoms with Crippen molar-refractivity contribution in [2.45, 2.75) is 12.5 Å². The number of hydrogen-bond acceptors (Lipinski definition) is 7. The molecule has 33 heavy (non-hydrogen) atoms. The van der Waals surface area contributed by atoms with Gasteiger partial charge in [0, 0.05) is 30.6 Å². The molecular formula is C25H18N4O3S. The summed E-state index contributed by atoms with van der Waals surface area (Å²) in [6.45, 7) is 0. The lowest BCUT2D eigenvalue weighted by Crippen LogP contribution is -2.26. The Hall–Kier alpha value is -4.22. The summed E-state index contributed by atoms with van der Waals surface area (Å²) in [4.78, 5) is 23.3. The zero-order chi connectivity index (χ0) is 22.8. The number of aromatic hydroxyl groups is 1. The van der Waals surface area contributed by atoms with E-state index in [1.807, 2.05) is 24.3 Å². The van der Waals surface area contributed by atoms with Crippen LogP contribution in [0.1, 0.15) is 33.3 Å². The molecule has 7 nitrogen and oxygen atoms in total. The SMILES string of the molecule is COc1cccc(O)c1C1CC(c2cccnc2)=NN1C(=O)c1ccc(-c2ccc#cn2)s1. The van der Waals surface area contributed by atoms with E-state index < -0.39 is 6.04 Å². The van der Waals surface area contributed by atoms with Crippen molar-refractivity contribution in [3.63, 3.8) is 0 Å². The standard InChI is InChI=1S/C25H18N4O3S/c1-32-21-9-4-8-20(30)24(21)19-14-18(16-6-5-12-26-15-16)28-29(19)25(31)23-11-10-22(33-23)17-7-2-3-13-27-17/h2,4-12,15,19,30H,14H2,1H3. The molecule has 1 atom stereocenters. The summed E-state index contributed by atoms with van der Waals surface area (Å²) in [5.41, 5.74) is 2.76. The van der Waals surface area contributed by atoms with E-state index in [2.05, 4.69) is 27.3 Å². The molecule has 162 valence electrons. The third-order valence-corrected chi connectivity index (χ3v) is 6.44.